The number of fused-ring (bicyclic) bond motifs is 3. The number of hydrogen-bond acceptors (Lipinski definition) is 4. The summed E-state index contributed by atoms with van der Waals surface area (Å²) in [4.78, 5) is 8.89. The number of imidazole rings is 1. The van der Waals surface area contributed by atoms with Crippen LogP contribution in [0.25, 0.3) is 38.8 Å². The van der Waals surface area contributed by atoms with Crippen LogP contribution in [0.4, 0.5) is 4.39 Å². The average Bonchev–Trinajstić information content (AvgIpc) is 3.38. The first-order valence-electron chi connectivity index (χ1n) is 9.12. The molecule has 29 heavy (non-hydrogen) atoms. The van der Waals surface area contributed by atoms with Gasteiger partial charge in [-0.2, -0.15) is 11.3 Å². The number of hydrogen-bond donors (Lipinski definition) is 1. The topological polar surface area (TPSA) is 56.7 Å². The summed E-state index contributed by atoms with van der Waals surface area (Å²) in [5.41, 5.74) is 11.1. The van der Waals surface area contributed by atoms with E-state index in [2.05, 4.69) is 9.97 Å². The Morgan fingerprint density at radius 2 is 2.00 bits per heavy atom. The number of rotatable bonds is 4. The predicted molar refractivity (Wildman–Crippen MR) is 117 cm³/mol. The third-order valence-corrected chi connectivity index (χ3v) is 5.99. The van der Waals surface area contributed by atoms with E-state index in [0.29, 0.717) is 22.6 Å². The van der Waals surface area contributed by atoms with E-state index >= 15 is 0 Å². The second kappa shape index (κ2) is 7.22. The molecule has 5 rings (SSSR count). The maximum atomic E-state index is 14.7. The number of thiophene rings is 1. The molecule has 0 aliphatic rings. The summed E-state index contributed by atoms with van der Waals surface area (Å²) in [7, 11) is 0. The first-order valence-corrected chi connectivity index (χ1v) is 10.4. The van der Waals surface area contributed by atoms with Gasteiger partial charge in [-0.1, -0.05) is 17.7 Å². The molecular formula is C22H16ClFN4S. The van der Waals surface area contributed by atoms with E-state index in [-0.39, 0.29) is 5.82 Å². The Morgan fingerprint density at radius 3 is 2.76 bits per heavy atom. The molecule has 4 nitrogen and oxygen atoms in total. The average molecular weight is 423 g/mol. The third kappa shape index (κ3) is 3.09. The molecule has 3 heterocycles. The Hall–Kier alpha value is -2.80. The molecule has 7 heteroatoms. The first-order chi connectivity index (χ1) is 14.2. The van der Waals surface area contributed by atoms with Gasteiger partial charge in [-0.3, -0.25) is 9.55 Å². The maximum absolute atomic E-state index is 14.7. The van der Waals surface area contributed by atoms with Gasteiger partial charge in [-0.15, -0.1) is 0 Å². The van der Waals surface area contributed by atoms with E-state index in [1.54, 1.807) is 12.5 Å². The van der Waals surface area contributed by atoms with Gasteiger partial charge in [0.2, 0.25) is 0 Å². The van der Waals surface area contributed by atoms with Crippen molar-refractivity contribution in [1.82, 2.24) is 14.5 Å². The van der Waals surface area contributed by atoms with Gasteiger partial charge in [0.15, 0.2) is 0 Å². The van der Waals surface area contributed by atoms with E-state index in [4.69, 9.17) is 17.3 Å². The molecule has 0 aliphatic heterocycles. The molecule has 2 N–H and O–H groups in total. The number of nitrogens with zero attached hydrogens (tertiary/aromatic N) is 3. The summed E-state index contributed by atoms with van der Waals surface area (Å²) < 4.78 is 16.7. The van der Waals surface area contributed by atoms with E-state index in [1.807, 2.05) is 45.7 Å². The minimum Gasteiger partial charge on any atom is -0.330 e. The minimum absolute atomic E-state index is 0.294. The largest absolute Gasteiger partial charge is 0.330 e. The van der Waals surface area contributed by atoms with Crippen LogP contribution in [0, 0.1) is 5.82 Å². The lowest BCUT2D eigenvalue weighted by Crippen LogP contribution is -2.03. The molecule has 0 saturated carbocycles. The van der Waals surface area contributed by atoms with E-state index in [9.17, 15) is 4.39 Å². The molecular weight excluding hydrogens is 407 g/mol. The quantitative estimate of drug-likeness (QED) is 0.410. The standard InChI is InChI=1S/C22H16ClFN4S/c23-17-7-13(3-5-25)1-2-21(17)28-12-27-20-10-26-19-9-18(24)15(8-16(19)22(20)28)14-4-6-29-11-14/h1-2,4,6-12H,3,5,25H2. The van der Waals surface area contributed by atoms with Crippen molar-refractivity contribution in [2.45, 2.75) is 6.42 Å². The molecule has 144 valence electrons. The molecule has 0 aliphatic carbocycles. The van der Waals surface area contributed by atoms with Gasteiger partial charge in [-0.25, -0.2) is 9.37 Å². The van der Waals surface area contributed by atoms with E-state index in [0.717, 1.165) is 39.7 Å². The molecule has 5 aromatic rings. The van der Waals surface area contributed by atoms with Crippen LogP contribution in [0.15, 0.2) is 59.7 Å². The molecule has 0 amide bonds. The number of pyridine rings is 1. The molecule has 0 bridgehead atoms. The van der Waals surface area contributed by atoms with Gasteiger partial charge in [-0.05, 0) is 59.1 Å². The number of nitrogens with two attached hydrogens (primary N) is 1. The van der Waals surface area contributed by atoms with Gasteiger partial charge >= 0.3 is 0 Å². The van der Waals surface area contributed by atoms with Crippen molar-refractivity contribution >= 4 is 44.9 Å². The van der Waals surface area contributed by atoms with Crippen LogP contribution in [-0.4, -0.2) is 21.1 Å². The molecule has 0 saturated heterocycles. The lowest BCUT2D eigenvalue weighted by molar-refractivity contribution is 0.633. The van der Waals surface area contributed by atoms with Crippen LogP contribution in [-0.2, 0) is 6.42 Å². The fourth-order valence-corrected chi connectivity index (χ4v) is 4.55. The van der Waals surface area contributed by atoms with Crippen molar-refractivity contribution in [3.05, 3.63) is 76.1 Å². The maximum Gasteiger partial charge on any atom is 0.133 e. The monoisotopic (exact) mass is 422 g/mol. The van der Waals surface area contributed by atoms with E-state index < -0.39 is 0 Å². The van der Waals surface area contributed by atoms with Crippen LogP contribution in [0.1, 0.15) is 5.56 Å². The molecule has 0 fully saturated rings. The first kappa shape index (κ1) is 18.2. The highest BCUT2D eigenvalue weighted by molar-refractivity contribution is 7.08. The summed E-state index contributed by atoms with van der Waals surface area (Å²) in [6, 6.07) is 11.1. The van der Waals surface area contributed by atoms with Gasteiger partial charge in [0, 0.05) is 17.0 Å². The fraction of sp³-hybridized carbons (Fsp3) is 0.0909. The summed E-state index contributed by atoms with van der Waals surface area (Å²) in [5.74, 6) is -0.294. The van der Waals surface area contributed by atoms with Gasteiger partial charge in [0.1, 0.15) is 17.7 Å². The van der Waals surface area contributed by atoms with Crippen LogP contribution in [0.5, 0.6) is 0 Å². The Bertz CT molecular complexity index is 1340. The Kier molecular flexibility index (Phi) is 4.54. The fourth-order valence-electron chi connectivity index (χ4n) is 3.60. The molecule has 3 aromatic heterocycles. The van der Waals surface area contributed by atoms with Crippen molar-refractivity contribution in [2.24, 2.45) is 5.73 Å². The van der Waals surface area contributed by atoms with Gasteiger partial charge < -0.3 is 5.73 Å². The zero-order chi connectivity index (χ0) is 20.0. The number of halogens is 2. The second-order valence-electron chi connectivity index (χ2n) is 6.79. The van der Waals surface area contributed by atoms with Crippen LogP contribution in [0.2, 0.25) is 5.02 Å². The Morgan fingerprint density at radius 1 is 1.10 bits per heavy atom. The van der Waals surface area contributed by atoms with Crippen molar-refractivity contribution in [2.75, 3.05) is 6.54 Å². The molecule has 0 radical (unpaired) electrons. The Labute approximate surface area is 175 Å². The highest BCUT2D eigenvalue weighted by atomic mass is 35.5. The molecule has 0 atom stereocenters. The minimum atomic E-state index is -0.294. The highest BCUT2D eigenvalue weighted by Crippen LogP contribution is 2.34. The van der Waals surface area contributed by atoms with E-state index in [1.165, 1.54) is 17.4 Å². The van der Waals surface area contributed by atoms with Crippen molar-refractivity contribution in [3.8, 4) is 16.8 Å². The molecule has 0 spiro atoms. The molecule has 2 aromatic carbocycles. The highest BCUT2D eigenvalue weighted by Gasteiger charge is 2.16. The number of aromatic nitrogens is 3. The van der Waals surface area contributed by atoms with Crippen molar-refractivity contribution in [1.29, 1.82) is 0 Å². The van der Waals surface area contributed by atoms with Gasteiger partial charge in [0.25, 0.3) is 0 Å². The normalized spacial score (nSPS) is 11.6. The Balaban J connectivity index is 1.77. The van der Waals surface area contributed by atoms with Crippen molar-refractivity contribution < 1.29 is 4.39 Å². The lowest BCUT2D eigenvalue weighted by atomic mass is 10.0. The van der Waals surface area contributed by atoms with Gasteiger partial charge in [0.05, 0.1) is 27.9 Å². The summed E-state index contributed by atoms with van der Waals surface area (Å²) in [6.07, 6.45) is 4.15. The zero-order valence-corrected chi connectivity index (χ0v) is 16.8. The summed E-state index contributed by atoms with van der Waals surface area (Å²) >= 11 is 8.12. The summed E-state index contributed by atoms with van der Waals surface area (Å²) in [6.45, 7) is 0.566. The number of benzene rings is 2. The summed E-state index contributed by atoms with van der Waals surface area (Å²) in [5, 5.41) is 5.30. The SMILES string of the molecule is NCCc1ccc(-n2cnc3cnc4cc(F)c(-c5ccsc5)cc4c32)c(Cl)c1. The smallest absolute Gasteiger partial charge is 0.133 e. The second-order valence-corrected chi connectivity index (χ2v) is 7.98. The predicted octanol–water partition coefficient (Wildman–Crippen LogP) is 5.60. The van der Waals surface area contributed by atoms with Crippen LogP contribution in [0.3, 0.4) is 0 Å². The zero-order valence-electron chi connectivity index (χ0n) is 15.3. The molecule has 0 unspecified atom stereocenters. The van der Waals surface area contributed by atoms with Crippen molar-refractivity contribution in [3.63, 3.8) is 0 Å². The third-order valence-electron chi connectivity index (χ3n) is 5.00. The lowest BCUT2D eigenvalue weighted by Gasteiger charge is -2.11. The van der Waals surface area contributed by atoms with Crippen LogP contribution >= 0.6 is 22.9 Å². The van der Waals surface area contributed by atoms with Crippen LogP contribution < -0.4 is 5.73 Å².